The number of nitro benzene ring substituents is 1. The summed E-state index contributed by atoms with van der Waals surface area (Å²) in [6, 6.07) is 0.800. The van der Waals surface area contributed by atoms with E-state index >= 15 is 0 Å². The molecule has 0 atom stereocenters. The molecule has 21 heavy (non-hydrogen) atoms. The largest absolute Gasteiger partial charge is 0.382 e. The molecule has 0 aliphatic carbocycles. The van der Waals surface area contributed by atoms with Crippen LogP contribution in [0.4, 0.5) is 10.1 Å². The fraction of sp³-hybridized carbons (Fsp3) is 0.455. The lowest BCUT2D eigenvalue weighted by molar-refractivity contribution is -0.388. The molecule has 118 valence electrons. The normalized spacial score (nSPS) is 11.6. The Morgan fingerprint density at radius 2 is 2.00 bits per heavy atom. The number of hydrogen-bond acceptors (Lipinski definition) is 6. The van der Waals surface area contributed by atoms with E-state index in [2.05, 4.69) is 4.74 Å². The number of aryl methyl sites for hydroxylation is 1. The first-order chi connectivity index (χ1) is 9.72. The molecule has 0 fully saturated rings. The van der Waals surface area contributed by atoms with Crippen LogP contribution in [0.3, 0.4) is 0 Å². The van der Waals surface area contributed by atoms with Crippen molar-refractivity contribution in [3.8, 4) is 0 Å². The highest BCUT2D eigenvalue weighted by atomic mass is 32.2. The first-order valence-electron chi connectivity index (χ1n) is 5.79. The zero-order valence-corrected chi connectivity index (χ0v) is 12.5. The Morgan fingerprint density at radius 1 is 1.38 bits per heavy atom. The standard InChI is InChI=1S/C11H15FN2O6S/c1-7-6-9(12)10(14(15)16)8(2)11(7)21(17,18)13-20-5-4-19-3/h6,13H,4-5H2,1-3H3. The third kappa shape index (κ3) is 3.94. The fourth-order valence-corrected chi connectivity index (χ4v) is 3.13. The molecule has 0 saturated carbocycles. The van der Waals surface area contributed by atoms with E-state index in [1.54, 1.807) is 0 Å². The summed E-state index contributed by atoms with van der Waals surface area (Å²) in [4.78, 5) is 16.0. The molecule has 0 radical (unpaired) electrons. The van der Waals surface area contributed by atoms with Crippen molar-refractivity contribution in [1.29, 1.82) is 0 Å². The smallest absolute Gasteiger partial charge is 0.309 e. The molecule has 0 amide bonds. The number of nitro groups is 1. The lowest BCUT2D eigenvalue weighted by Gasteiger charge is -2.12. The van der Waals surface area contributed by atoms with Crippen LogP contribution in [0.25, 0.3) is 0 Å². The molecule has 10 heteroatoms. The van der Waals surface area contributed by atoms with Gasteiger partial charge in [0.25, 0.3) is 10.0 Å². The zero-order chi connectivity index (χ0) is 16.2. The molecule has 1 aromatic carbocycles. The van der Waals surface area contributed by atoms with Crippen LogP contribution in [0.2, 0.25) is 0 Å². The van der Waals surface area contributed by atoms with Gasteiger partial charge in [-0.25, -0.2) is 8.42 Å². The van der Waals surface area contributed by atoms with Crippen molar-refractivity contribution < 1.29 is 27.3 Å². The summed E-state index contributed by atoms with van der Waals surface area (Å²) < 4.78 is 42.5. The van der Waals surface area contributed by atoms with Crippen molar-refractivity contribution in [1.82, 2.24) is 4.89 Å². The molecule has 0 saturated heterocycles. The number of nitrogens with one attached hydrogen (secondary N) is 1. The lowest BCUT2D eigenvalue weighted by Crippen LogP contribution is -2.27. The van der Waals surface area contributed by atoms with E-state index in [4.69, 9.17) is 4.84 Å². The van der Waals surface area contributed by atoms with Gasteiger partial charge in [-0.15, -0.1) is 0 Å². The van der Waals surface area contributed by atoms with Crippen LogP contribution in [0.15, 0.2) is 11.0 Å². The maximum atomic E-state index is 13.6. The molecule has 0 aromatic heterocycles. The molecule has 0 spiro atoms. The van der Waals surface area contributed by atoms with Gasteiger partial charge >= 0.3 is 5.69 Å². The number of benzene rings is 1. The number of nitrogens with zero attached hydrogens (tertiary/aromatic N) is 1. The van der Waals surface area contributed by atoms with Gasteiger partial charge in [-0.05, 0) is 25.5 Å². The van der Waals surface area contributed by atoms with Crippen molar-refractivity contribution in [2.24, 2.45) is 0 Å². The number of halogens is 1. The number of methoxy groups -OCH3 is 1. The summed E-state index contributed by atoms with van der Waals surface area (Å²) in [6.07, 6.45) is 0. The van der Waals surface area contributed by atoms with Crippen molar-refractivity contribution in [3.63, 3.8) is 0 Å². The van der Waals surface area contributed by atoms with E-state index in [0.29, 0.717) is 0 Å². The number of sulfonamides is 1. The van der Waals surface area contributed by atoms with E-state index < -0.39 is 26.5 Å². The summed E-state index contributed by atoms with van der Waals surface area (Å²) in [6.45, 7) is 2.61. The SMILES string of the molecule is COCCONS(=O)(=O)c1c(C)cc(F)c([N+](=O)[O-])c1C. The Bertz CT molecular complexity index is 647. The third-order valence-electron chi connectivity index (χ3n) is 2.63. The van der Waals surface area contributed by atoms with Gasteiger partial charge in [-0.3, -0.25) is 15.0 Å². The zero-order valence-electron chi connectivity index (χ0n) is 11.7. The summed E-state index contributed by atoms with van der Waals surface area (Å²) in [7, 11) is -2.76. The summed E-state index contributed by atoms with van der Waals surface area (Å²) in [5.41, 5.74) is -1.13. The molecule has 8 nitrogen and oxygen atoms in total. The Kier molecular flexibility index (Phi) is 5.72. The second-order valence-corrected chi connectivity index (χ2v) is 5.74. The molecule has 0 unspecified atom stereocenters. The van der Waals surface area contributed by atoms with Gasteiger partial charge in [-0.1, -0.05) is 4.89 Å². The second kappa shape index (κ2) is 6.89. The third-order valence-corrected chi connectivity index (χ3v) is 4.14. The predicted molar refractivity (Wildman–Crippen MR) is 70.7 cm³/mol. The van der Waals surface area contributed by atoms with Crippen LogP contribution >= 0.6 is 0 Å². The highest BCUT2D eigenvalue weighted by Gasteiger charge is 2.29. The van der Waals surface area contributed by atoms with E-state index in [1.807, 2.05) is 4.89 Å². The highest BCUT2D eigenvalue weighted by molar-refractivity contribution is 7.89. The lowest BCUT2D eigenvalue weighted by atomic mass is 10.1. The molecule has 1 N–H and O–H groups in total. The van der Waals surface area contributed by atoms with Gasteiger partial charge in [0.2, 0.25) is 5.82 Å². The van der Waals surface area contributed by atoms with Crippen molar-refractivity contribution >= 4 is 15.7 Å². The average molecular weight is 322 g/mol. The second-order valence-electron chi connectivity index (χ2n) is 4.16. The van der Waals surface area contributed by atoms with Crippen molar-refractivity contribution in [3.05, 3.63) is 33.1 Å². The van der Waals surface area contributed by atoms with E-state index in [9.17, 15) is 22.9 Å². The first kappa shape index (κ1) is 17.4. The molecular formula is C11H15FN2O6S. The van der Waals surface area contributed by atoms with Gasteiger partial charge in [0.15, 0.2) is 0 Å². The van der Waals surface area contributed by atoms with Crippen LogP contribution in [-0.2, 0) is 19.6 Å². The molecular weight excluding hydrogens is 307 g/mol. The average Bonchev–Trinajstić information content (AvgIpc) is 2.32. The van der Waals surface area contributed by atoms with E-state index in [-0.39, 0.29) is 29.2 Å². The number of hydrogen-bond donors (Lipinski definition) is 1. The molecule has 0 aliphatic heterocycles. The highest BCUT2D eigenvalue weighted by Crippen LogP contribution is 2.30. The van der Waals surface area contributed by atoms with Crippen LogP contribution < -0.4 is 4.89 Å². The molecule has 0 aliphatic rings. The minimum Gasteiger partial charge on any atom is -0.382 e. The monoisotopic (exact) mass is 322 g/mol. The molecule has 1 aromatic rings. The maximum absolute atomic E-state index is 13.6. The molecule has 0 heterocycles. The van der Waals surface area contributed by atoms with Crippen molar-refractivity contribution in [2.75, 3.05) is 20.3 Å². The van der Waals surface area contributed by atoms with E-state index in [0.717, 1.165) is 13.0 Å². The summed E-state index contributed by atoms with van der Waals surface area (Å²) in [5.74, 6) is -1.09. The van der Waals surface area contributed by atoms with Gasteiger partial charge < -0.3 is 4.74 Å². The Balaban J connectivity index is 3.23. The first-order valence-corrected chi connectivity index (χ1v) is 7.27. The van der Waals surface area contributed by atoms with Crippen LogP contribution in [0, 0.1) is 29.8 Å². The minimum atomic E-state index is -4.17. The van der Waals surface area contributed by atoms with Crippen LogP contribution in [0.5, 0.6) is 0 Å². The Hall–Kier alpha value is -1.62. The minimum absolute atomic E-state index is 0.0402. The van der Waals surface area contributed by atoms with Gasteiger partial charge in [-0.2, -0.15) is 4.39 Å². The van der Waals surface area contributed by atoms with Crippen molar-refractivity contribution in [2.45, 2.75) is 18.7 Å². The quantitative estimate of drug-likeness (QED) is 0.459. The predicted octanol–water partition coefficient (Wildman–Crippen LogP) is 1.21. The Labute approximate surface area is 121 Å². The summed E-state index contributed by atoms with van der Waals surface area (Å²) in [5, 5.41) is 10.8. The summed E-state index contributed by atoms with van der Waals surface area (Å²) >= 11 is 0. The number of rotatable bonds is 7. The maximum Gasteiger partial charge on any atom is 0.309 e. The van der Waals surface area contributed by atoms with Crippen LogP contribution in [0.1, 0.15) is 11.1 Å². The van der Waals surface area contributed by atoms with Gasteiger partial charge in [0.1, 0.15) is 0 Å². The molecule has 0 bridgehead atoms. The number of ether oxygens (including phenoxy) is 1. The van der Waals surface area contributed by atoms with Gasteiger partial charge in [0.05, 0.1) is 28.6 Å². The van der Waals surface area contributed by atoms with E-state index in [1.165, 1.54) is 14.0 Å². The molecule has 1 rings (SSSR count). The fourth-order valence-electron chi connectivity index (χ4n) is 1.83. The van der Waals surface area contributed by atoms with Gasteiger partial charge in [0, 0.05) is 7.11 Å². The topological polar surface area (TPSA) is 108 Å². The Morgan fingerprint density at radius 3 is 2.52 bits per heavy atom. The van der Waals surface area contributed by atoms with Crippen LogP contribution in [-0.4, -0.2) is 33.7 Å².